The van der Waals surface area contributed by atoms with Crippen molar-refractivity contribution in [3.63, 3.8) is 0 Å². The maximum absolute atomic E-state index is 8.94. The third-order valence-electron chi connectivity index (χ3n) is 2.99. The van der Waals surface area contributed by atoms with Gasteiger partial charge in [0.05, 0.1) is 28.9 Å². The van der Waals surface area contributed by atoms with Gasteiger partial charge in [0.25, 0.3) is 0 Å². The molecule has 19 heavy (non-hydrogen) atoms. The zero-order valence-corrected chi connectivity index (χ0v) is 10.4. The molecule has 0 saturated carbocycles. The zero-order valence-electron chi connectivity index (χ0n) is 10.4. The third-order valence-corrected chi connectivity index (χ3v) is 2.99. The number of aromatic nitrogens is 4. The Kier molecular flexibility index (Phi) is 2.69. The number of nitrogens with zero attached hydrogens (tertiary/aromatic N) is 5. The van der Waals surface area contributed by atoms with Gasteiger partial charge in [-0.25, -0.2) is 9.97 Å². The summed E-state index contributed by atoms with van der Waals surface area (Å²) in [5.74, 6) is 0.778. The van der Waals surface area contributed by atoms with Gasteiger partial charge in [-0.1, -0.05) is 0 Å². The molecule has 2 heterocycles. The lowest BCUT2D eigenvalue weighted by molar-refractivity contribution is 0.792. The number of nitriles is 1. The fraction of sp³-hybridized carbons (Fsp3) is 0.143. The van der Waals surface area contributed by atoms with Gasteiger partial charge in [0, 0.05) is 18.9 Å². The number of benzene rings is 1. The second-order valence-corrected chi connectivity index (χ2v) is 4.09. The zero-order chi connectivity index (χ0) is 13.2. The maximum Gasteiger partial charge on any atom is 0.161 e. The molecular formula is C14H11N5. The van der Waals surface area contributed by atoms with Crippen molar-refractivity contribution < 1.29 is 0 Å². The fourth-order valence-electron chi connectivity index (χ4n) is 2.13. The standard InChI is InChI=1S/C14H11N5/c1-2-19-13-4-3-10(8-15)7-11(13)18-14(19)12-9-16-5-6-17-12/h3-7,9H,2H2,1H3. The summed E-state index contributed by atoms with van der Waals surface area (Å²) in [6, 6.07) is 7.64. The molecule has 0 atom stereocenters. The molecule has 0 fully saturated rings. The van der Waals surface area contributed by atoms with Crippen LogP contribution in [0.25, 0.3) is 22.6 Å². The Morgan fingerprint density at radius 2 is 2.21 bits per heavy atom. The van der Waals surface area contributed by atoms with Gasteiger partial charge in [-0.05, 0) is 25.1 Å². The smallest absolute Gasteiger partial charge is 0.161 e. The van der Waals surface area contributed by atoms with Gasteiger partial charge >= 0.3 is 0 Å². The van der Waals surface area contributed by atoms with E-state index in [-0.39, 0.29) is 0 Å². The van der Waals surface area contributed by atoms with Crippen LogP contribution in [-0.2, 0) is 6.54 Å². The van der Waals surface area contributed by atoms with Crippen LogP contribution in [0.3, 0.4) is 0 Å². The van der Waals surface area contributed by atoms with E-state index in [0.29, 0.717) is 5.56 Å². The molecule has 3 rings (SSSR count). The minimum atomic E-state index is 0.610. The molecule has 2 aromatic heterocycles. The molecule has 0 aliphatic carbocycles. The number of fused-ring (bicyclic) bond motifs is 1. The molecular weight excluding hydrogens is 238 g/mol. The van der Waals surface area contributed by atoms with Crippen LogP contribution in [0.1, 0.15) is 12.5 Å². The first-order valence-corrected chi connectivity index (χ1v) is 6.00. The number of aryl methyl sites for hydroxylation is 1. The van der Waals surface area contributed by atoms with E-state index in [1.54, 1.807) is 30.7 Å². The van der Waals surface area contributed by atoms with E-state index in [2.05, 4.69) is 32.5 Å². The Bertz CT molecular complexity index is 768. The number of rotatable bonds is 2. The lowest BCUT2D eigenvalue weighted by atomic mass is 10.2. The maximum atomic E-state index is 8.94. The molecule has 92 valence electrons. The van der Waals surface area contributed by atoms with E-state index >= 15 is 0 Å². The molecule has 5 nitrogen and oxygen atoms in total. The molecule has 0 unspecified atom stereocenters. The average molecular weight is 249 g/mol. The minimum Gasteiger partial charge on any atom is -0.323 e. The van der Waals surface area contributed by atoms with Gasteiger partial charge in [-0.3, -0.25) is 4.98 Å². The normalized spacial score (nSPS) is 10.5. The Hall–Kier alpha value is -2.74. The Morgan fingerprint density at radius 3 is 2.89 bits per heavy atom. The van der Waals surface area contributed by atoms with E-state index in [1.807, 2.05) is 6.07 Å². The largest absolute Gasteiger partial charge is 0.323 e. The van der Waals surface area contributed by atoms with Crippen LogP contribution >= 0.6 is 0 Å². The second kappa shape index (κ2) is 4.50. The van der Waals surface area contributed by atoms with Gasteiger partial charge in [0.1, 0.15) is 5.69 Å². The van der Waals surface area contributed by atoms with E-state index < -0.39 is 0 Å². The van der Waals surface area contributed by atoms with Crippen LogP contribution in [0, 0.1) is 11.3 Å². The van der Waals surface area contributed by atoms with Crippen molar-refractivity contribution in [2.24, 2.45) is 0 Å². The van der Waals surface area contributed by atoms with E-state index in [4.69, 9.17) is 5.26 Å². The summed E-state index contributed by atoms with van der Waals surface area (Å²) in [5.41, 5.74) is 3.15. The lowest BCUT2D eigenvalue weighted by Crippen LogP contribution is -1.98. The summed E-state index contributed by atoms with van der Waals surface area (Å²) in [6.07, 6.45) is 4.98. The van der Waals surface area contributed by atoms with Crippen LogP contribution in [0.15, 0.2) is 36.8 Å². The first-order chi connectivity index (χ1) is 9.33. The van der Waals surface area contributed by atoms with Gasteiger partial charge in [0.15, 0.2) is 5.82 Å². The van der Waals surface area contributed by atoms with E-state index in [1.165, 1.54) is 0 Å². The van der Waals surface area contributed by atoms with Crippen molar-refractivity contribution in [1.29, 1.82) is 5.26 Å². The highest BCUT2D eigenvalue weighted by Crippen LogP contribution is 2.23. The van der Waals surface area contributed by atoms with Gasteiger partial charge in [-0.15, -0.1) is 0 Å². The molecule has 1 aromatic carbocycles. The molecule has 0 saturated heterocycles. The van der Waals surface area contributed by atoms with Crippen LogP contribution in [-0.4, -0.2) is 19.5 Å². The Labute approximate surface area is 110 Å². The minimum absolute atomic E-state index is 0.610. The molecule has 0 bridgehead atoms. The molecule has 0 aliphatic heterocycles. The van der Waals surface area contributed by atoms with Gasteiger partial charge < -0.3 is 4.57 Å². The number of hydrogen-bond donors (Lipinski definition) is 0. The predicted molar refractivity (Wildman–Crippen MR) is 71.1 cm³/mol. The van der Waals surface area contributed by atoms with Crippen molar-refractivity contribution >= 4 is 11.0 Å². The topological polar surface area (TPSA) is 67.4 Å². The molecule has 0 aliphatic rings. The van der Waals surface area contributed by atoms with Crippen molar-refractivity contribution in [2.75, 3.05) is 0 Å². The Morgan fingerprint density at radius 1 is 1.32 bits per heavy atom. The summed E-state index contributed by atoms with van der Waals surface area (Å²) >= 11 is 0. The molecule has 3 aromatic rings. The number of imidazole rings is 1. The highest BCUT2D eigenvalue weighted by atomic mass is 15.1. The average Bonchev–Trinajstić information content (AvgIpc) is 2.85. The first kappa shape index (κ1) is 11.4. The van der Waals surface area contributed by atoms with Crippen molar-refractivity contribution in [3.05, 3.63) is 42.4 Å². The van der Waals surface area contributed by atoms with Crippen molar-refractivity contribution in [1.82, 2.24) is 19.5 Å². The highest BCUT2D eigenvalue weighted by molar-refractivity contribution is 5.81. The first-order valence-electron chi connectivity index (χ1n) is 6.00. The lowest BCUT2D eigenvalue weighted by Gasteiger charge is -2.04. The van der Waals surface area contributed by atoms with Crippen LogP contribution < -0.4 is 0 Å². The second-order valence-electron chi connectivity index (χ2n) is 4.09. The molecule has 0 radical (unpaired) electrons. The molecule has 0 N–H and O–H groups in total. The summed E-state index contributed by atoms with van der Waals surface area (Å²) in [7, 11) is 0. The molecule has 0 spiro atoms. The van der Waals surface area contributed by atoms with E-state index in [9.17, 15) is 0 Å². The predicted octanol–water partition coefficient (Wildman–Crippen LogP) is 2.38. The summed E-state index contributed by atoms with van der Waals surface area (Å²) in [4.78, 5) is 12.9. The van der Waals surface area contributed by atoms with Crippen molar-refractivity contribution in [3.8, 4) is 17.6 Å². The van der Waals surface area contributed by atoms with Crippen LogP contribution in [0.4, 0.5) is 0 Å². The van der Waals surface area contributed by atoms with Crippen LogP contribution in [0.2, 0.25) is 0 Å². The third kappa shape index (κ3) is 1.83. The fourth-order valence-corrected chi connectivity index (χ4v) is 2.13. The number of hydrogen-bond acceptors (Lipinski definition) is 4. The summed E-state index contributed by atoms with van der Waals surface area (Å²) in [5, 5.41) is 8.94. The Balaban J connectivity index is 2.28. The van der Waals surface area contributed by atoms with Gasteiger partial charge in [0.2, 0.25) is 0 Å². The molecule has 5 heteroatoms. The quantitative estimate of drug-likeness (QED) is 0.699. The van der Waals surface area contributed by atoms with Crippen LogP contribution in [0.5, 0.6) is 0 Å². The van der Waals surface area contributed by atoms with Crippen molar-refractivity contribution in [2.45, 2.75) is 13.5 Å². The SMILES string of the molecule is CCn1c(-c2cnccn2)nc2cc(C#N)ccc21. The van der Waals surface area contributed by atoms with Gasteiger partial charge in [-0.2, -0.15) is 5.26 Å². The summed E-state index contributed by atoms with van der Waals surface area (Å²) < 4.78 is 2.07. The highest BCUT2D eigenvalue weighted by Gasteiger charge is 2.12. The molecule has 0 amide bonds. The monoisotopic (exact) mass is 249 g/mol. The summed E-state index contributed by atoms with van der Waals surface area (Å²) in [6.45, 7) is 2.84. The van der Waals surface area contributed by atoms with E-state index in [0.717, 1.165) is 29.1 Å².